The van der Waals surface area contributed by atoms with Crippen molar-refractivity contribution in [1.82, 2.24) is 10.2 Å². The smallest absolute Gasteiger partial charge is 0.205 e. The molecule has 1 aliphatic rings. The Morgan fingerprint density at radius 2 is 2.54 bits per heavy atom. The average molecular weight is 218 g/mol. The van der Waals surface area contributed by atoms with Crippen molar-refractivity contribution in [1.29, 1.82) is 0 Å². The molecule has 0 bridgehead atoms. The first-order chi connectivity index (χ1) is 6.36. The van der Waals surface area contributed by atoms with E-state index in [4.69, 9.17) is 11.6 Å². The normalized spacial score (nSPS) is 27.8. The molecule has 72 valence electrons. The van der Waals surface area contributed by atoms with Crippen LogP contribution in [-0.2, 0) is 0 Å². The minimum atomic E-state index is 0.348. The van der Waals surface area contributed by atoms with Crippen LogP contribution in [0.5, 0.6) is 0 Å². The van der Waals surface area contributed by atoms with Crippen LogP contribution < -0.4 is 5.32 Å². The molecule has 0 spiro atoms. The number of hydrogen-bond acceptors (Lipinski definition) is 4. The maximum Gasteiger partial charge on any atom is 0.205 e. The summed E-state index contributed by atoms with van der Waals surface area (Å²) in [5.74, 6) is 0.602. The Morgan fingerprint density at radius 1 is 1.62 bits per heavy atom. The summed E-state index contributed by atoms with van der Waals surface area (Å²) in [4.78, 5) is 0. The minimum Gasteiger partial charge on any atom is -0.360 e. The highest BCUT2D eigenvalue weighted by atomic mass is 35.5. The molecule has 5 heteroatoms. The SMILES string of the molecule is ClC1CCCC1CNc1nncs1. The third-order valence-electron chi connectivity index (χ3n) is 2.44. The Morgan fingerprint density at radius 3 is 3.15 bits per heavy atom. The van der Waals surface area contributed by atoms with E-state index in [2.05, 4.69) is 15.5 Å². The molecule has 2 unspecified atom stereocenters. The van der Waals surface area contributed by atoms with Crippen molar-refractivity contribution < 1.29 is 0 Å². The van der Waals surface area contributed by atoms with Gasteiger partial charge in [-0.25, -0.2) is 0 Å². The molecule has 0 amide bonds. The molecule has 1 heterocycles. The average Bonchev–Trinajstić information content (AvgIpc) is 2.72. The molecule has 13 heavy (non-hydrogen) atoms. The Balaban J connectivity index is 1.79. The summed E-state index contributed by atoms with van der Waals surface area (Å²) in [5.41, 5.74) is 1.73. The molecule has 1 aromatic heterocycles. The maximum atomic E-state index is 6.15. The lowest BCUT2D eigenvalue weighted by Gasteiger charge is -2.13. The van der Waals surface area contributed by atoms with E-state index in [0.717, 1.165) is 18.1 Å². The number of nitrogens with one attached hydrogen (secondary N) is 1. The van der Waals surface area contributed by atoms with Crippen molar-refractivity contribution >= 4 is 28.1 Å². The van der Waals surface area contributed by atoms with Crippen LogP contribution in [-0.4, -0.2) is 22.1 Å². The zero-order valence-corrected chi connectivity index (χ0v) is 8.81. The molecule has 1 fully saturated rings. The van der Waals surface area contributed by atoms with Crippen LogP contribution >= 0.6 is 22.9 Å². The van der Waals surface area contributed by atoms with Crippen LogP contribution in [0.1, 0.15) is 19.3 Å². The predicted octanol–water partition coefficient (Wildman–Crippen LogP) is 2.36. The number of aromatic nitrogens is 2. The van der Waals surface area contributed by atoms with Gasteiger partial charge in [0.15, 0.2) is 0 Å². The molecule has 1 N–H and O–H groups in total. The van der Waals surface area contributed by atoms with E-state index in [1.54, 1.807) is 5.51 Å². The molecule has 1 saturated carbocycles. The van der Waals surface area contributed by atoms with Gasteiger partial charge in [-0.3, -0.25) is 0 Å². The lowest BCUT2D eigenvalue weighted by molar-refractivity contribution is 0.586. The van der Waals surface area contributed by atoms with Crippen molar-refractivity contribution in [3.63, 3.8) is 0 Å². The molecule has 0 radical (unpaired) electrons. The molecule has 3 nitrogen and oxygen atoms in total. The van der Waals surface area contributed by atoms with E-state index < -0.39 is 0 Å². The van der Waals surface area contributed by atoms with Crippen molar-refractivity contribution in [2.75, 3.05) is 11.9 Å². The van der Waals surface area contributed by atoms with Gasteiger partial charge in [-0.1, -0.05) is 17.8 Å². The van der Waals surface area contributed by atoms with Crippen LogP contribution in [0, 0.1) is 5.92 Å². The van der Waals surface area contributed by atoms with Gasteiger partial charge < -0.3 is 5.32 Å². The number of nitrogens with zero attached hydrogens (tertiary/aromatic N) is 2. The van der Waals surface area contributed by atoms with E-state index >= 15 is 0 Å². The molecule has 0 aromatic carbocycles. The molecular weight excluding hydrogens is 206 g/mol. The van der Waals surface area contributed by atoms with Gasteiger partial charge in [-0.15, -0.1) is 21.8 Å². The Kier molecular flexibility index (Phi) is 3.01. The highest BCUT2D eigenvalue weighted by Gasteiger charge is 2.24. The summed E-state index contributed by atoms with van der Waals surface area (Å²) in [6.07, 6.45) is 3.65. The van der Waals surface area contributed by atoms with Crippen LogP contribution in [0.4, 0.5) is 5.13 Å². The van der Waals surface area contributed by atoms with Gasteiger partial charge >= 0.3 is 0 Å². The van der Waals surface area contributed by atoms with E-state index in [9.17, 15) is 0 Å². The Hall–Kier alpha value is -0.350. The van der Waals surface area contributed by atoms with Crippen LogP contribution in [0.3, 0.4) is 0 Å². The molecule has 0 saturated heterocycles. The standard InChI is InChI=1S/C8H12ClN3S/c9-7-3-1-2-6(7)4-10-8-12-11-5-13-8/h5-7H,1-4H2,(H,10,12). The highest BCUT2D eigenvalue weighted by Crippen LogP contribution is 2.30. The second kappa shape index (κ2) is 4.24. The van der Waals surface area contributed by atoms with Crippen molar-refractivity contribution in [2.24, 2.45) is 5.92 Å². The number of rotatable bonds is 3. The summed E-state index contributed by atoms with van der Waals surface area (Å²) in [6.45, 7) is 0.934. The van der Waals surface area contributed by atoms with Gasteiger partial charge in [0.05, 0.1) is 0 Å². The Labute approximate surface area is 86.5 Å². The van der Waals surface area contributed by atoms with Gasteiger partial charge in [0.25, 0.3) is 0 Å². The summed E-state index contributed by atoms with van der Waals surface area (Å²) in [7, 11) is 0. The van der Waals surface area contributed by atoms with Crippen molar-refractivity contribution in [3.05, 3.63) is 5.51 Å². The fraction of sp³-hybridized carbons (Fsp3) is 0.750. The minimum absolute atomic E-state index is 0.348. The summed E-state index contributed by atoms with van der Waals surface area (Å²) in [6, 6.07) is 0. The van der Waals surface area contributed by atoms with Gasteiger partial charge in [-0.2, -0.15) is 0 Å². The van der Waals surface area contributed by atoms with Gasteiger partial charge in [0.2, 0.25) is 5.13 Å². The molecule has 2 rings (SSSR count). The monoisotopic (exact) mass is 217 g/mol. The molecular formula is C8H12ClN3S. The first kappa shape index (κ1) is 9.21. The van der Waals surface area contributed by atoms with Crippen LogP contribution in [0.15, 0.2) is 5.51 Å². The first-order valence-electron chi connectivity index (χ1n) is 4.50. The number of hydrogen-bond donors (Lipinski definition) is 1. The molecule has 1 aromatic rings. The predicted molar refractivity (Wildman–Crippen MR) is 55.4 cm³/mol. The van der Waals surface area contributed by atoms with Crippen LogP contribution in [0.25, 0.3) is 0 Å². The fourth-order valence-corrected chi connectivity index (χ4v) is 2.51. The number of halogens is 1. The first-order valence-corrected chi connectivity index (χ1v) is 5.82. The van der Waals surface area contributed by atoms with E-state index in [-0.39, 0.29) is 0 Å². The lowest BCUT2D eigenvalue weighted by atomic mass is 10.1. The lowest BCUT2D eigenvalue weighted by Crippen LogP contribution is -2.18. The second-order valence-electron chi connectivity index (χ2n) is 3.33. The van der Waals surface area contributed by atoms with E-state index in [1.165, 1.54) is 24.2 Å². The summed E-state index contributed by atoms with van der Waals surface area (Å²) in [5, 5.41) is 12.2. The Bertz CT molecular complexity index is 252. The molecule has 2 atom stereocenters. The molecule has 1 aliphatic carbocycles. The number of anilines is 1. The molecule has 0 aliphatic heterocycles. The topological polar surface area (TPSA) is 37.8 Å². The largest absolute Gasteiger partial charge is 0.360 e. The van der Waals surface area contributed by atoms with E-state index in [0.29, 0.717) is 11.3 Å². The third-order valence-corrected chi connectivity index (χ3v) is 3.67. The van der Waals surface area contributed by atoms with Crippen LogP contribution in [0.2, 0.25) is 0 Å². The van der Waals surface area contributed by atoms with Crippen molar-refractivity contribution in [2.45, 2.75) is 24.6 Å². The highest BCUT2D eigenvalue weighted by molar-refractivity contribution is 7.13. The van der Waals surface area contributed by atoms with E-state index in [1.807, 2.05) is 0 Å². The second-order valence-corrected chi connectivity index (χ2v) is 4.73. The summed E-state index contributed by atoms with van der Waals surface area (Å²) < 4.78 is 0. The summed E-state index contributed by atoms with van der Waals surface area (Å²) >= 11 is 7.68. The zero-order chi connectivity index (χ0) is 9.10. The third kappa shape index (κ3) is 2.31. The van der Waals surface area contributed by atoms with Crippen molar-refractivity contribution in [3.8, 4) is 0 Å². The van der Waals surface area contributed by atoms with Gasteiger partial charge in [0.1, 0.15) is 5.51 Å². The fourth-order valence-electron chi connectivity index (χ4n) is 1.69. The quantitative estimate of drug-likeness (QED) is 0.790. The number of alkyl halides is 1. The zero-order valence-electron chi connectivity index (χ0n) is 7.24. The van der Waals surface area contributed by atoms with Gasteiger partial charge in [0, 0.05) is 11.9 Å². The maximum absolute atomic E-state index is 6.15. The van der Waals surface area contributed by atoms with Gasteiger partial charge in [-0.05, 0) is 18.8 Å².